The number of hydrogen-bond acceptors (Lipinski definition) is 4. The summed E-state index contributed by atoms with van der Waals surface area (Å²) in [6.07, 6.45) is 0. The topological polar surface area (TPSA) is 144 Å². The van der Waals surface area contributed by atoms with Gasteiger partial charge in [-0.3, -0.25) is 19.2 Å². The first-order valence-electron chi connectivity index (χ1n) is 16.5. The summed E-state index contributed by atoms with van der Waals surface area (Å²) >= 11 is 0. The number of primary amides is 2. The van der Waals surface area contributed by atoms with Crippen molar-refractivity contribution in [1.82, 2.24) is 0 Å². The Morgan fingerprint density at radius 1 is 0.574 bits per heavy atom. The zero-order valence-electron chi connectivity index (χ0n) is 31.0. The van der Waals surface area contributed by atoms with Crippen molar-refractivity contribution in [2.75, 3.05) is 10.6 Å². The molecule has 2 heterocycles. The molecule has 0 saturated carbocycles. The molecule has 14 heteroatoms. The van der Waals surface area contributed by atoms with E-state index in [2.05, 4.69) is 10.6 Å². The third kappa shape index (κ3) is 8.42. The fourth-order valence-electron chi connectivity index (χ4n) is 5.56. The molecule has 0 atom stereocenters. The SMILES string of the molecule is CC(C)(C(N)=O)c1c(F)cccc1F.CC(C)(C(N)=O)c1cccc(F)c1F.CC1(C)C(=O)Nc2c(F)cccc21.CC1(C)C(=O)Nc2cccc(F)c21. The van der Waals surface area contributed by atoms with Gasteiger partial charge in [0.1, 0.15) is 23.3 Å². The quantitative estimate of drug-likeness (QED) is 0.159. The van der Waals surface area contributed by atoms with Crippen molar-refractivity contribution in [3.8, 4) is 0 Å². The highest BCUT2D eigenvalue weighted by Gasteiger charge is 2.41. The monoisotopic (exact) mass is 756 g/mol. The normalized spacial score (nSPS) is 14.7. The van der Waals surface area contributed by atoms with E-state index >= 15 is 0 Å². The summed E-state index contributed by atoms with van der Waals surface area (Å²) in [5, 5.41) is 5.19. The van der Waals surface area contributed by atoms with E-state index < -0.39 is 56.7 Å². The minimum atomic E-state index is -1.34. The molecule has 54 heavy (non-hydrogen) atoms. The van der Waals surface area contributed by atoms with E-state index in [9.17, 15) is 45.5 Å². The maximum atomic E-state index is 13.4. The summed E-state index contributed by atoms with van der Waals surface area (Å²) < 4.78 is 79.2. The molecule has 0 bridgehead atoms. The fourth-order valence-corrected chi connectivity index (χ4v) is 5.56. The van der Waals surface area contributed by atoms with E-state index in [0.29, 0.717) is 16.9 Å². The van der Waals surface area contributed by atoms with Crippen LogP contribution in [0.4, 0.5) is 37.7 Å². The van der Waals surface area contributed by atoms with E-state index in [-0.39, 0.29) is 34.6 Å². The van der Waals surface area contributed by atoms with Crippen LogP contribution in [0.15, 0.2) is 72.8 Å². The van der Waals surface area contributed by atoms with Gasteiger partial charge in [0.2, 0.25) is 23.6 Å². The first-order valence-corrected chi connectivity index (χ1v) is 16.5. The first-order chi connectivity index (χ1) is 24.8. The Kier molecular flexibility index (Phi) is 12.5. The van der Waals surface area contributed by atoms with E-state index in [1.54, 1.807) is 52.0 Å². The predicted molar refractivity (Wildman–Crippen MR) is 193 cm³/mol. The van der Waals surface area contributed by atoms with Crippen LogP contribution >= 0.6 is 0 Å². The van der Waals surface area contributed by atoms with Gasteiger partial charge in [-0.15, -0.1) is 0 Å². The molecule has 288 valence electrons. The number of nitrogens with two attached hydrogens (primary N) is 2. The van der Waals surface area contributed by atoms with Crippen LogP contribution in [0.5, 0.6) is 0 Å². The Hall–Kier alpha value is -5.66. The van der Waals surface area contributed by atoms with E-state index in [1.807, 2.05) is 0 Å². The predicted octanol–water partition coefficient (Wildman–Crippen LogP) is 7.57. The second-order valence-electron chi connectivity index (χ2n) is 14.7. The van der Waals surface area contributed by atoms with Crippen molar-refractivity contribution in [1.29, 1.82) is 0 Å². The smallest absolute Gasteiger partial charge is 0.234 e. The van der Waals surface area contributed by atoms with Crippen LogP contribution in [0.25, 0.3) is 0 Å². The third-order valence-corrected chi connectivity index (χ3v) is 9.39. The van der Waals surface area contributed by atoms with Crippen molar-refractivity contribution in [3.05, 3.63) is 130 Å². The minimum absolute atomic E-state index is 0.0231. The second-order valence-corrected chi connectivity index (χ2v) is 14.7. The fraction of sp³-hybridized carbons (Fsp3) is 0.300. The molecule has 0 radical (unpaired) electrons. The summed E-state index contributed by atoms with van der Waals surface area (Å²) in [6, 6.07) is 16.6. The summed E-state index contributed by atoms with van der Waals surface area (Å²) in [5.41, 5.74) is 8.08. The lowest BCUT2D eigenvalue weighted by molar-refractivity contribution is -0.123. The zero-order chi connectivity index (χ0) is 41.1. The number of benzene rings is 4. The van der Waals surface area contributed by atoms with Gasteiger partial charge in [-0.2, -0.15) is 0 Å². The molecule has 0 saturated heterocycles. The number of anilines is 2. The van der Waals surface area contributed by atoms with Gasteiger partial charge in [0.25, 0.3) is 0 Å². The second kappa shape index (κ2) is 15.7. The van der Waals surface area contributed by atoms with Crippen LogP contribution < -0.4 is 22.1 Å². The molecule has 6 N–H and O–H groups in total. The van der Waals surface area contributed by atoms with Crippen LogP contribution in [0.3, 0.4) is 0 Å². The van der Waals surface area contributed by atoms with Gasteiger partial charge >= 0.3 is 0 Å². The van der Waals surface area contributed by atoms with Gasteiger partial charge in [0.15, 0.2) is 11.6 Å². The lowest BCUT2D eigenvalue weighted by Gasteiger charge is -2.21. The first kappa shape index (κ1) is 42.8. The third-order valence-electron chi connectivity index (χ3n) is 9.39. The number of carbonyl (C=O) groups is 4. The highest BCUT2D eigenvalue weighted by Crippen LogP contribution is 2.39. The largest absolute Gasteiger partial charge is 0.369 e. The average molecular weight is 757 g/mol. The van der Waals surface area contributed by atoms with Crippen LogP contribution in [0.2, 0.25) is 0 Å². The van der Waals surface area contributed by atoms with Crippen LogP contribution in [0.1, 0.15) is 77.6 Å². The molecule has 4 amide bonds. The lowest BCUT2D eigenvalue weighted by atomic mass is 9.83. The van der Waals surface area contributed by atoms with Gasteiger partial charge in [0, 0.05) is 22.4 Å². The van der Waals surface area contributed by atoms with Gasteiger partial charge in [-0.25, -0.2) is 26.3 Å². The van der Waals surface area contributed by atoms with Crippen molar-refractivity contribution in [3.63, 3.8) is 0 Å². The molecule has 0 unspecified atom stereocenters. The maximum Gasteiger partial charge on any atom is 0.234 e. The molecule has 0 spiro atoms. The van der Waals surface area contributed by atoms with Crippen molar-refractivity contribution in [2.45, 2.75) is 77.0 Å². The molecule has 8 nitrogen and oxygen atoms in total. The van der Waals surface area contributed by atoms with E-state index in [4.69, 9.17) is 11.5 Å². The minimum Gasteiger partial charge on any atom is -0.369 e. The Labute approximate surface area is 309 Å². The molecule has 6 rings (SSSR count). The number of amides is 4. The van der Waals surface area contributed by atoms with Crippen molar-refractivity contribution in [2.24, 2.45) is 11.5 Å². The zero-order valence-corrected chi connectivity index (χ0v) is 31.0. The molecule has 0 fully saturated rings. The van der Waals surface area contributed by atoms with Crippen molar-refractivity contribution < 1.29 is 45.5 Å². The highest BCUT2D eigenvalue weighted by atomic mass is 19.2. The Balaban J connectivity index is 0.000000194. The number of hydrogen-bond donors (Lipinski definition) is 4. The Morgan fingerprint density at radius 3 is 1.54 bits per heavy atom. The summed E-state index contributed by atoms with van der Waals surface area (Å²) in [4.78, 5) is 44.9. The van der Waals surface area contributed by atoms with Gasteiger partial charge in [0.05, 0.1) is 27.3 Å². The number of para-hydroxylation sites is 1. The van der Waals surface area contributed by atoms with Gasteiger partial charge < -0.3 is 22.1 Å². The van der Waals surface area contributed by atoms with Crippen molar-refractivity contribution >= 4 is 35.0 Å². The summed E-state index contributed by atoms with van der Waals surface area (Å²) in [6.45, 7) is 12.7. The molecular weight excluding hydrogens is 714 g/mol. The molecule has 4 aromatic rings. The molecule has 2 aliphatic heterocycles. The van der Waals surface area contributed by atoms with E-state index in [1.165, 1.54) is 58.0 Å². The molecule has 2 aliphatic rings. The summed E-state index contributed by atoms with van der Waals surface area (Å²) in [7, 11) is 0. The average Bonchev–Trinajstić information content (AvgIpc) is 3.45. The van der Waals surface area contributed by atoms with Crippen LogP contribution in [0, 0.1) is 34.9 Å². The van der Waals surface area contributed by atoms with E-state index in [0.717, 1.165) is 23.8 Å². The number of halogens is 6. The molecule has 4 aromatic carbocycles. The van der Waals surface area contributed by atoms with Gasteiger partial charge in [-0.1, -0.05) is 36.4 Å². The number of rotatable bonds is 4. The number of carbonyl (C=O) groups excluding carboxylic acids is 4. The lowest BCUT2D eigenvalue weighted by Crippen LogP contribution is -2.37. The van der Waals surface area contributed by atoms with Crippen LogP contribution in [-0.4, -0.2) is 23.6 Å². The highest BCUT2D eigenvalue weighted by molar-refractivity contribution is 6.06. The Morgan fingerprint density at radius 2 is 1.02 bits per heavy atom. The number of fused-ring (bicyclic) bond motifs is 2. The summed E-state index contributed by atoms with van der Waals surface area (Å²) in [5.74, 6) is -5.93. The molecule has 0 aliphatic carbocycles. The Bertz CT molecular complexity index is 2090. The molecular formula is C40H42F6N4O4. The maximum absolute atomic E-state index is 13.4. The number of nitrogens with one attached hydrogen (secondary N) is 2. The van der Waals surface area contributed by atoms with Gasteiger partial charge in [-0.05, 0) is 97.4 Å². The van der Waals surface area contributed by atoms with Crippen LogP contribution in [-0.2, 0) is 40.8 Å². The molecule has 0 aromatic heterocycles. The standard InChI is InChI=1S/2C10H11F2NO.2C10H10FNO/c1-10(2,9(13)14)8-6(11)4-3-5-7(8)12;1-10(2,9(13)14)6-4-3-5-7(11)8(6)12;1-10(2)8-6(11)4-3-5-7(8)12-9(10)13;1-10(2)6-4-3-5-7(11)8(6)12-9(10)13/h2*3-5H,1-2H3,(H2,13,14);2*3-5H,1-2H3,(H,12,13).